The first-order chi connectivity index (χ1) is 10.6. The van der Waals surface area contributed by atoms with Crippen LogP contribution in [0.25, 0.3) is 0 Å². The van der Waals surface area contributed by atoms with E-state index in [9.17, 15) is 9.59 Å². The van der Waals surface area contributed by atoms with Crippen molar-refractivity contribution in [2.75, 3.05) is 0 Å². The number of thiophene rings is 1. The average molecular weight is 314 g/mol. The van der Waals surface area contributed by atoms with Crippen molar-refractivity contribution in [2.24, 2.45) is 0 Å². The molecule has 114 valence electrons. The van der Waals surface area contributed by atoms with Crippen molar-refractivity contribution in [3.63, 3.8) is 0 Å². The molecule has 0 fully saturated rings. The highest BCUT2D eigenvalue weighted by Gasteiger charge is 2.23. The fraction of sp³-hybridized carbons (Fsp3) is 0.333. The molecule has 0 bridgehead atoms. The van der Waals surface area contributed by atoms with E-state index in [4.69, 9.17) is 4.74 Å². The lowest BCUT2D eigenvalue weighted by Gasteiger charge is -2.13. The van der Waals surface area contributed by atoms with Crippen LogP contribution in [0.3, 0.4) is 0 Å². The van der Waals surface area contributed by atoms with Crippen LogP contribution in [0, 0.1) is 6.92 Å². The highest BCUT2D eigenvalue weighted by molar-refractivity contribution is 7.12. The van der Waals surface area contributed by atoms with E-state index in [2.05, 4.69) is 0 Å². The van der Waals surface area contributed by atoms with Gasteiger partial charge in [-0.2, -0.15) is 0 Å². The number of benzene rings is 1. The minimum Gasteiger partial charge on any atom is -0.450 e. The Balaban J connectivity index is 1.72. The molecule has 22 heavy (non-hydrogen) atoms. The maximum Gasteiger partial charge on any atom is 0.349 e. The van der Waals surface area contributed by atoms with Gasteiger partial charge in [0.15, 0.2) is 6.10 Å². The Labute approximate surface area is 133 Å². The molecule has 1 aliphatic rings. The number of rotatable bonds is 4. The first-order valence-electron chi connectivity index (χ1n) is 7.47. The zero-order valence-electron chi connectivity index (χ0n) is 12.7. The number of carbonyl (C=O) groups is 2. The number of esters is 1. The van der Waals surface area contributed by atoms with E-state index in [1.165, 1.54) is 22.5 Å². The van der Waals surface area contributed by atoms with Crippen LogP contribution in [0.5, 0.6) is 0 Å². The molecule has 0 aliphatic heterocycles. The summed E-state index contributed by atoms with van der Waals surface area (Å²) in [6.07, 6.45) is 2.49. The van der Waals surface area contributed by atoms with E-state index >= 15 is 0 Å². The molecule has 0 radical (unpaired) electrons. The van der Waals surface area contributed by atoms with E-state index in [-0.39, 0.29) is 5.78 Å². The Hall–Kier alpha value is -1.94. The molecule has 3 nitrogen and oxygen atoms in total. The van der Waals surface area contributed by atoms with Crippen molar-refractivity contribution in [1.82, 2.24) is 0 Å². The minimum absolute atomic E-state index is 0.141. The van der Waals surface area contributed by atoms with Gasteiger partial charge in [0.05, 0.1) is 0 Å². The van der Waals surface area contributed by atoms with Crippen LogP contribution in [-0.2, 0) is 17.6 Å². The molecule has 0 amide bonds. The van der Waals surface area contributed by atoms with Crippen molar-refractivity contribution >= 4 is 23.1 Å². The van der Waals surface area contributed by atoms with Gasteiger partial charge in [0.2, 0.25) is 5.78 Å². The minimum atomic E-state index is -0.770. The van der Waals surface area contributed by atoms with Gasteiger partial charge in [-0.25, -0.2) is 4.79 Å². The van der Waals surface area contributed by atoms with E-state index in [1.807, 2.05) is 36.6 Å². The fourth-order valence-electron chi connectivity index (χ4n) is 2.81. The van der Waals surface area contributed by atoms with Gasteiger partial charge in [0.1, 0.15) is 4.88 Å². The SMILES string of the molecule is Cc1ccsc1C(=O)OC(C)C(=O)c1ccc2c(c1)CCC2. The second-order valence-electron chi connectivity index (χ2n) is 5.68. The molecule has 0 N–H and O–H groups in total. The Morgan fingerprint density at radius 1 is 1.18 bits per heavy atom. The summed E-state index contributed by atoms with van der Waals surface area (Å²) in [5.41, 5.74) is 4.09. The van der Waals surface area contributed by atoms with E-state index in [0.29, 0.717) is 10.4 Å². The lowest BCUT2D eigenvalue weighted by molar-refractivity contribution is 0.0323. The van der Waals surface area contributed by atoms with Crippen LogP contribution in [0.1, 0.15) is 50.1 Å². The van der Waals surface area contributed by atoms with Crippen LogP contribution in [0.4, 0.5) is 0 Å². The monoisotopic (exact) mass is 314 g/mol. The largest absolute Gasteiger partial charge is 0.450 e. The summed E-state index contributed by atoms with van der Waals surface area (Å²) in [7, 11) is 0. The van der Waals surface area contributed by atoms with Crippen molar-refractivity contribution in [3.05, 3.63) is 56.8 Å². The third kappa shape index (κ3) is 2.83. The standard InChI is InChI=1S/C18H18O3S/c1-11-8-9-22-17(11)18(20)21-12(2)16(19)15-7-6-13-4-3-5-14(13)10-15/h6-10,12H,3-5H2,1-2H3. The van der Waals surface area contributed by atoms with Crippen LogP contribution in [0.2, 0.25) is 0 Å². The number of hydrogen-bond acceptors (Lipinski definition) is 4. The zero-order valence-corrected chi connectivity index (χ0v) is 13.5. The van der Waals surface area contributed by atoms with E-state index in [1.54, 1.807) is 6.92 Å². The summed E-state index contributed by atoms with van der Waals surface area (Å²) in [5, 5.41) is 1.85. The molecule has 1 aromatic heterocycles. The molecular formula is C18H18O3S. The molecule has 3 rings (SSSR count). The van der Waals surface area contributed by atoms with Crippen molar-refractivity contribution in [1.29, 1.82) is 0 Å². The van der Waals surface area contributed by atoms with Crippen molar-refractivity contribution in [3.8, 4) is 0 Å². The molecule has 1 atom stereocenters. The zero-order chi connectivity index (χ0) is 15.7. The highest BCUT2D eigenvalue weighted by Crippen LogP contribution is 2.24. The second kappa shape index (κ2) is 6.05. The number of carbonyl (C=O) groups excluding carboxylic acids is 2. The van der Waals surface area contributed by atoms with Crippen molar-refractivity contribution in [2.45, 2.75) is 39.2 Å². The first-order valence-corrected chi connectivity index (χ1v) is 8.35. The number of aryl methyl sites for hydroxylation is 3. The van der Waals surface area contributed by atoms with Gasteiger partial charge in [-0.1, -0.05) is 12.1 Å². The predicted octanol–water partition coefficient (Wildman–Crippen LogP) is 3.97. The molecule has 2 aromatic rings. The molecule has 1 heterocycles. The molecule has 1 aromatic carbocycles. The van der Waals surface area contributed by atoms with Gasteiger partial charge in [0, 0.05) is 5.56 Å². The summed E-state index contributed by atoms with van der Waals surface area (Å²) in [4.78, 5) is 25.1. The predicted molar refractivity (Wildman–Crippen MR) is 86.7 cm³/mol. The number of ether oxygens (including phenoxy) is 1. The topological polar surface area (TPSA) is 43.4 Å². The lowest BCUT2D eigenvalue weighted by atomic mass is 10.0. The Morgan fingerprint density at radius 3 is 2.68 bits per heavy atom. The normalized spacial score (nSPS) is 14.5. The smallest absolute Gasteiger partial charge is 0.349 e. The summed E-state index contributed by atoms with van der Waals surface area (Å²) < 4.78 is 5.33. The maximum absolute atomic E-state index is 12.5. The quantitative estimate of drug-likeness (QED) is 0.633. The van der Waals surface area contributed by atoms with Crippen LogP contribution in [0.15, 0.2) is 29.6 Å². The Morgan fingerprint density at radius 2 is 1.95 bits per heavy atom. The third-order valence-electron chi connectivity index (χ3n) is 4.08. The van der Waals surface area contributed by atoms with Crippen molar-refractivity contribution < 1.29 is 14.3 Å². The highest BCUT2D eigenvalue weighted by atomic mass is 32.1. The van der Waals surface area contributed by atoms with Gasteiger partial charge >= 0.3 is 5.97 Å². The molecular weight excluding hydrogens is 296 g/mol. The maximum atomic E-state index is 12.5. The van der Waals surface area contributed by atoms with Gasteiger partial charge in [-0.15, -0.1) is 11.3 Å². The third-order valence-corrected chi connectivity index (χ3v) is 5.08. The van der Waals surface area contributed by atoms with E-state index in [0.717, 1.165) is 24.8 Å². The Bertz CT molecular complexity index is 730. The number of fused-ring (bicyclic) bond motifs is 1. The number of ketones is 1. The van der Waals surface area contributed by atoms with Crippen LogP contribution >= 0.6 is 11.3 Å². The van der Waals surface area contributed by atoms with Crippen LogP contribution < -0.4 is 0 Å². The summed E-state index contributed by atoms with van der Waals surface area (Å²) in [6.45, 7) is 3.50. The molecule has 0 saturated carbocycles. The average Bonchev–Trinajstić information content (AvgIpc) is 3.13. The Kier molecular flexibility index (Phi) is 4.12. The summed E-state index contributed by atoms with van der Waals surface area (Å²) in [6, 6.07) is 7.68. The molecule has 4 heteroatoms. The summed E-state index contributed by atoms with van der Waals surface area (Å²) in [5.74, 6) is -0.563. The second-order valence-corrected chi connectivity index (χ2v) is 6.60. The van der Waals surface area contributed by atoms with Crippen LogP contribution in [-0.4, -0.2) is 17.9 Å². The van der Waals surface area contributed by atoms with Gasteiger partial charge in [-0.3, -0.25) is 4.79 Å². The number of hydrogen-bond donors (Lipinski definition) is 0. The lowest BCUT2D eigenvalue weighted by Crippen LogP contribution is -2.24. The van der Waals surface area contributed by atoms with E-state index < -0.39 is 12.1 Å². The summed E-state index contributed by atoms with van der Waals surface area (Å²) >= 11 is 1.34. The van der Waals surface area contributed by atoms with Gasteiger partial charge < -0.3 is 4.74 Å². The van der Waals surface area contributed by atoms with Gasteiger partial charge in [-0.05, 0) is 67.3 Å². The molecule has 0 saturated heterocycles. The molecule has 0 spiro atoms. The number of Topliss-reactive ketones (excluding diaryl/α,β-unsaturated/α-hetero) is 1. The molecule has 1 aliphatic carbocycles. The molecule has 1 unspecified atom stereocenters. The fourth-order valence-corrected chi connectivity index (χ4v) is 3.62. The van der Waals surface area contributed by atoms with Gasteiger partial charge in [0.25, 0.3) is 0 Å². The first kappa shape index (κ1) is 15.0.